The van der Waals surface area contributed by atoms with E-state index in [9.17, 15) is 4.79 Å². The number of aromatic nitrogens is 2. The second kappa shape index (κ2) is 7.54. The molecule has 1 saturated carbocycles. The van der Waals surface area contributed by atoms with Crippen LogP contribution in [0.2, 0.25) is 0 Å². The summed E-state index contributed by atoms with van der Waals surface area (Å²) in [6.07, 6.45) is 7.13. The van der Waals surface area contributed by atoms with Crippen molar-refractivity contribution in [1.82, 2.24) is 20.6 Å². The van der Waals surface area contributed by atoms with Gasteiger partial charge in [-0.05, 0) is 52.5 Å². The van der Waals surface area contributed by atoms with E-state index in [-0.39, 0.29) is 12.1 Å². The maximum Gasteiger partial charge on any atom is 0.407 e. The van der Waals surface area contributed by atoms with Crippen LogP contribution >= 0.6 is 0 Å². The number of alkyl carbamates (subject to hydrolysis) is 1. The fourth-order valence-corrected chi connectivity index (χ4v) is 2.65. The molecular formula is C16H26N4O2. The molecule has 2 atom stereocenters. The molecule has 2 rings (SSSR count). The summed E-state index contributed by atoms with van der Waals surface area (Å²) >= 11 is 0. The number of hydrogen-bond acceptors (Lipinski definition) is 5. The van der Waals surface area contributed by atoms with Gasteiger partial charge in [0, 0.05) is 24.8 Å². The number of nitrogens with zero attached hydrogens (tertiary/aromatic N) is 2. The standard InChI is InChI=1S/C16H26N4O2/c1-16(2,3)22-15(21)20-13-6-4-5-12(9-13)18-10-14-7-8-17-11-19-14/h7-8,11-13,18H,4-6,9-10H2,1-3H3,(H,20,21). The first-order chi connectivity index (χ1) is 10.4. The van der Waals surface area contributed by atoms with E-state index >= 15 is 0 Å². The van der Waals surface area contributed by atoms with Crippen LogP contribution in [0, 0.1) is 0 Å². The molecule has 1 aliphatic rings. The Hall–Kier alpha value is -1.69. The van der Waals surface area contributed by atoms with Crippen LogP contribution in [0.1, 0.15) is 52.1 Å². The fraction of sp³-hybridized carbons (Fsp3) is 0.688. The molecule has 1 aromatic rings. The zero-order chi connectivity index (χ0) is 16.0. The minimum atomic E-state index is -0.455. The summed E-state index contributed by atoms with van der Waals surface area (Å²) in [6, 6.07) is 2.47. The van der Waals surface area contributed by atoms with Crippen LogP contribution in [-0.2, 0) is 11.3 Å². The first kappa shape index (κ1) is 16.7. The van der Waals surface area contributed by atoms with Gasteiger partial charge in [-0.2, -0.15) is 0 Å². The fourth-order valence-electron chi connectivity index (χ4n) is 2.65. The molecule has 1 aromatic heterocycles. The number of rotatable bonds is 4. The quantitative estimate of drug-likeness (QED) is 0.893. The molecule has 2 N–H and O–H groups in total. The number of ether oxygens (including phenoxy) is 1. The minimum absolute atomic E-state index is 0.173. The van der Waals surface area contributed by atoms with Crippen LogP contribution in [0.15, 0.2) is 18.6 Å². The topological polar surface area (TPSA) is 76.1 Å². The van der Waals surface area contributed by atoms with E-state index in [4.69, 9.17) is 4.74 Å². The monoisotopic (exact) mass is 306 g/mol. The van der Waals surface area contributed by atoms with Crippen LogP contribution in [0.5, 0.6) is 0 Å². The number of nitrogens with one attached hydrogen (secondary N) is 2. The van der Waals surface area contributed by atoms with Gasteiger partial charge >= 0.3 is 6.09 Å². The molecule has 1 heterocycles. The molecular weight excluding hydrogens is 280 g/mol. The molecule has 0 bridgehead atoms. The highest BCUT2D eigenvalue weighted by Gasteiger charge is 2.25. The lowest BCUT2D eigenvalue weighted by molar-refractivity contribution is 0.0488. The molecule has 6 heteroatoms. The first-order valence-electron chi connectivity index (χ1n) is 7.90. The van der Waals surface area contributed by atoms with Gasteiger partial charge in [0.25, 0.3) is 0 Å². The van der Waals surface area contributed by atoms with Gasteiger partial charge < -0.3 is 15.4 Å². The third-order valence-electron chi connectivity index (χ3n) is 3.61. The van der Waals surface area contributed by atoms with Gasteiger partial charge in [-0.25, -0.2) is 14.8 Å². The third-order valence-corrected chi connectivity index (χ3v) is 3.61. The first-order valence-corrected chi connectivity index (χ1v) is 7.90. The lowest BCUT2D eigenvalue weighted by atomic mass is 9.91. The molecule has 6 nitrogen and oxygen atoms in total. The Morgan fingerprint density at radius 2 is 2.14 bits per heavy atom. The summed E-state index contributed by atoms with van der Waals surface area (Å²) in [4.78, 5) is 20.0. The van der Waals surface area contributed by atoms with Crippen molar-refractivity contribution < 1.29 is 9.53 Å². The van der Waals surface area contributed by atoms with E-state index in [2.05, 4.69) is 20.6 Å². The van der Waals surface area contributed by atoms with Crippen molar-refractivity contribution in [3.8, 4) is 0 Å². The maximum absolute atomic E-state index is 11.8. The highest BCUT2D eigenvalue weighted by Crippen LogP contribution is 2.19. The van der Waals surface area contributed by atoms with Crippen molar-refractivity contribution in [2.24, 2.45) is 0 Å². The van der Waals surface area contributed by atoms with Crippen LogP contribution < -0.4 is 10.6 Å². The Kier molecular flexibility index (Phi) is 5.71. The minimum Gasteiger partial charge on any atom is -0.444 e. The lowest BCUT2D eigenvalue weighted by Gasteiger charge is -2.31. The van der Waals surface area contributed by atoms with E-state index in [1.165, 1.54) is 0 Å². The van der Waals surface area contributed by atoms with Crippen molar-refractivity contribution in [2.75, 3.05) is 0 Å². The van der Waals surface area contributed by atoms with E-state index in [1.807, 2.05) is 26.8 Å². The highest BCUT2D eigenvalue weighted by atomic mass is 16.6. The molecule has 1 aliphatic carbocycles. The van der Waals surface area contributed by atoms with Crippen molar-refractivity contribution in [3.63, 3.8) is 0 Å². The van der Waals surface area contributed by atoms with Gasteiger partial charge in [0.2, 0.25) is 0 Å². The van der Waals surface area contributed by atoms with E-state index < -0.39 is 5.60 Å². The van der Waals surface area contributed by atoms with E-state index in [0.717, 1.165) is 37.9 Å². The van der Waals surface area contributed by atoms with Crippen LogP contribution in [-0.4, -0.2) is 33.7 Å². The summed E-state index contributed by atoms with van der Waals surface area (Å²) in [6.45, 7) is 6.35. The largest absolute Gasteiger partial charge is 0.444 e. The van der Waals surface area contributed by atoms with Crippen LogP contribution in [0.25, 0.3) is 0 Å². The van der Waals surface area contributed by atoms with Crippen molar-refractivity contribution in [2.45, 2.75) is 70.7 Å². The van der Waals surface area contributed by atoms with E-state index in [1.54, 1.807) is 12.5 Å². The Morgan fingerprint density at radius 1 is 1.36 bits per heavy atom. The molecule has 0 radical (unpaired) electrons. The second-order valence-electron chi connectivity index (χ2n) is 6.79. The summed E-state index contributed by atoms with van der Waals surface area (Å²) in [5.41, 5.74) is 0.529. The van der Waals surface area contributed by atoms with Gasteiger partial charge in [0.15, 0.2) is 0 Å². The predicted molar refractivity (Wildman–Crippen MR) is 84.3 cm³/mol. The van der Waals surface area contributed by atoms with Gasteiger partial charge in [-0.15, -0.1) is 0 Å². The molecule has 0 aromatic carbocycles. The number of carbonyl (C=O) groups excluding carboxylic acids is 1. The molecule has 2 unspecified atom stereocenters. The molecule has 1 amide bonds. The van der Waals surface area contributed by atoms with E-state index in [0.29, 0.717) is 6.04 Å². The molecule has 122 valence electrons. The van der Waals surface area contributed by atoms with Crippen molar-refractivity contribution in [3.05, 3.63) is 24.3 Å². The Bertz CT molecular complexity index is 473. The zero-order valence-corrected chi connectivity index (χ0v) is 13.6. The molecule has 0 spiro atoms. The summed E-state index contributed by atoms with van der Waals surface area (Å²) in [5.74, 6) is 0. The molecule has 0 saturated heterocycles. The van der Waals surface area contributed by atoms with Gasteiger partial charge in [0.05, 0.1) is 5.69 Å². The Morgan fingerprint density at radius 3 is 2.82 bits per heavy atom. The Balaban J connectivity index is 1.75. The molecule has 1 fully saturated rings. The number of hydrogen-bond donors (Lipinski definition) is 2. The lowest BCUT2D eigenvalue weighted by Crippen LogP contribution is -2.45. The normalized spacial score (nSPS) is 22.1. The van der Waals surface area contributed by atoms with Crippen LogP contribution in [0.3, 0.4) is 0 Å². The van der Waals surface area contributed by atoms with Gasteiger partial charge in [-0.3, -0.25) is 0 Å². The average Bonchev–Trinajstić information content (AvgIpc) is 2.44. The summed E-state index contributed by atoms with van der Waals surface area (Å²) in [7, 11) is 0. The van der Waals surface area contributed by atoms with Gasteiger partial charge in [0.1, 0.15) is 11.9 Å². The SMILES string of the molecule is CC(C)(C)OC(=O)NC1CCCC(NCc2ccncn2)C1. The Labute approximate surface area is 132 Å². The van der Waals surface area contributed by atoms with Crippen molar-refractivity contribution in [1.29, 1.82) is 0 Å². The second-order valence-corrected chi connectivity index (χ2v) is 6.79. The highest BCUT2D eigenvalue weighted by molar-refractivity contribution is 5.68. The van der Waals surface area contributed by atoms with Gasteiger partial charge in [-0.1, -0.05) is 0 Å². The smallest absolute Gasteiger partial charge is 0.407 e. The summed E-state index contributed by atoms with van der Waals surface area (Å²) in [5, 5.41) is 6.48. The molecule has 0 aliphatic heterocycles. The summed E-state index contributed by atoms with van der Waals surface area (Å²) < 4.78 is 5.32. The maximum atomic E-state index is 11.8. The number of amides is 1. The average molecular weight is 306 g/mol. The predicted octanol–water partition coefficient (Wildman–Crippen LogP) is 2.40. The van der Waals surface area contributed by atoms with Crippen molar-refractivity contribution >= 4 is 6.09 Å². The van der Waals surface area contributed by atoms with Crippen LogP contribution in [0.4, 0.5) is 4.79 Å². The molecule has 22 heavy (non-hydrogen) atoms. The zero-order valence-electron chi connectivity index (χ0n) is 13.6. The number of carbonyl (C=O) groups is 1. The third kappa shape index (κ3) is 5.97.